The predicted octanol–water partition coefficient (Wildman–Crippen LogP) is 2.30. The molecule has 0 saturated heterocycles. The highest BCUT2D eigenvalue weighted by molar-refractivity contribution is 5.85. The summed E-state index contributed by atoms with van der Waals surface area (Å²) >= 11 is 0. The molecule has 0 bridgehead atoms. The summed E-state index contributed by atoms with van der Waals surface area (Å²) in [6, 6.07) is 3.15. The molecule has 0 heterocycles. The Balaban J connectivity index is 0.00000220. The summed E-state index contributed by atoms with van der Waals surface area (Å²) in [7, 11) is 4.69. The molecule has 0 aromatic heterocycles. The lowest BCUT2D eigenvalue weighted by atomic mass is 9.77. The number of rotatable bonds is 6. The van der Waals surface area contributed by atoms with Gasteiger partial charge in [0.05, 0.1) is 33.5 Å². The number of nitrogens with two attached hydrogens (primary N) is 1. The zero-order valence-electron chi connectivity index (χ0n) is 12.7. The highest BCUT2D eigenvalue weighted by Gasteiger charge is 2.31. The van der Waals surface area contributed by atoms with Crippen LogP contribution in [0.4, 0.5) is 0 Å². The van der Waals surface area contributed by atoms with Crippen LogP contribution in [-0.2, 0) is 0 Å². The number of ether oxygens (including phenoxy) is 3. The molecule has 6 heteroatoms. The summed E-state index contributed by atoms with van der Waals surface area (Å²) in [5.41, 5.74) is 6.98. The molecule has 1 aromatic rings. The molecule has 120 valence electrons. The van der Waals surface area contributed by atoms with E-state index in [9.17, 15) is 5.11 Å². The van der Waals surface area contributed by atoms with E-state index in [-0.39, 0.29) is 12.4 Å². The monoisotopic (exact) mass is 317 g/mol. The Morgan fingerprint density at radius 2 is 1.62 bits per heavy atom. The lowest BCUT2D eigenvalue weighted by molar-refractivity contribution is 0.0412. The molecular weight excluding hydrogens is 294 g/mol. The Kier molecular flexibility index (Phi) is 6.58. The Bertz CT molecular complexity index is 440. The molecule has 0 amide bonds. The second-order valence-corrected chi connectivity index (χ2v) is 5.17. The summed E-state index contributed by atoms with van der Waals surface area (Å²) in [5, 5.41) is 10.3. The molecule has 1 saturated carbocycles. The molecule has 1 fully saturated rings. The van der Waals surface area contributed by atoms with Crippen molar-refractivity contribution in [2.75, 3.05) is 21.3 Å². The number of hydrogen-bond donors (Lipinski definition) is 2. The van der Waals surface area contributed by atoms with Crippen LogP contribution in [0.3, 0.4) is 0 Å². The largest absolute Gasteiger partial charge is 0.493 e. The molecule has 0 radical (unpaired) electrons. The smallest absolute Gasteiger partial charge is 0.203 e. The van der Waals surface area contributed by atoms with Crippen molar-refractivity contribution in [1.29, 1.82) is 0 Å². The third kappa shape index (κ3) is 3.54. The predicted molar refractivity (Wildman–Crippen MR) is 83.6 cm³/mol. The van der Waals surface area contributed by atoms with Crippen LogP contribution in [0.5, 0.6) is 17.2 Å². The first-order valence-corrected chi connectivity index (χ1v) is 6.86. The van der Waals surface area contributed by atoms with Gasteiger partial charge in [0.1, 0.15) is 0 Å². The van der Waals surface area contributed by atoms with Gasteiger partial charge in [0.15, 0.2) is 11.5 Å². The molecule has 5 nitrogen and oxygen atoms in total. The Morgan fingerprint density at radius 1 is 1.10 bits per heavy atom. The minimum absolute atomic E-state index is 0. The van der Waals surface area contributed by atoms with E-state index in [1.807, 2.05) is 0 Å². The summed E-state index contributed by atoms with van der Waals surface area (Å²) in [6.45, 7) is 0. The summed E-state index contributed by atoms with van der Waals surface area (Å²) in [5.74, 6) is 1.93. The lowest BCUT2D eigenvalue weighted by Crippen LogP contribution is -2.36. The van der Waals surface area contributed by atoms with Gasteiger partial charge in [-0.05, 0) is 36.5 Å². The standard InChI is InChI=1S/C15H23NO4.ClH/c1-18-11-7-10(8-12(19-2)15(11)20-3)13(16)14(17)9-5-4-6-9;/h7-9,13-14,17H,4-6,16H2,1-3H3;1H/t13-,14+;/m0./s1. The van der Waals surface area contributed by atoms with E-state index >= 15 is 0 Å². The van der Waals surface area contributed by atoms with E-state index in [1.165, 1.54) is 6.42 Å². The quantitative estimate of drug-likeness (QED) is 0.842. The lowest BCUT2D eigenvalue weighted by Gasteiger charge is -2.34. The highest BCUT2D eigenvalue weighted by atomic mass is 35.5. The van der Waals surface area contributed by atoms with Crippen LogP contribution in [0, 0.1) is 5.92 Å². The second-order valence-electron chi connectivity index (χ2n) is 5.17. The van der Waals surface area contributed by atoms with Gasteiger partial charge >= 0.3 is 0 Å². The molecule has 3 N–H and O–H groups in total. The molecule has 2 atom stereocenters. The summed E-state index contributed by atoms with van der Waals surface area (Å²) in [4.78, 5) is 0. The maximum Gasteiger partial charge on any atom is 0.203 e. The molecule has 0 spiro atoms. The van der Waals surface area contributed by atoms with Gasteiger partial charge < -0.3 is 25.1 Å². The third-order valence-corrected chi connectivity index (χ3v) is 4.07. The first-order valence-electron chi connectivity index (χ1n) is 6.86. The Hall–Kier alpha value is -1.17. The molecular formula is C15H24ClNO4. The fourth-order valence-electron chi connectivity index (χ4n) is 2.57. The van der Waals surface area contributed by atoms with Crippen molar-refractivity contribution in [3.63, 3.8) is 0 Å². The number of methoxy groups -OCH3 is 3. The van der Waals surface area contributed by atoms with Crippen molar-refractivity contribution in [3.8, 4) is 17.2 Å². The number of aliphatic hydroxyl groups is 1. The Labute approximate surface area is 131 Å². The molecule has 0 aliphatic heterocycles. The van der Waals surface area contributed by atoms with Crippen LogP contribution in [0.15, 0.2) is 12.1 Å². The van der Waals surface area contributed by atoms with Crippen molar-refractivity contribution in [2.24, 2.45) is 11.7 Å². The van der Waals surface area contributed by atoms with Gasteiger partial charge in [-0.15, -0.1) is 12.4 Å². The van der Waals surface area contributed by atoms with Crippen LogP contribution >= 0.6 is 12.4 Å². The fraction of sp³-hybridized carbons (Fsp3) is 0.600. The number of hydrogen-bond acceptors (Lipinski definition) is 5. The SMILES string of the molecule is COc1cc([C@H](N)[C@H](O)C2CCC2)cc(OC)c1OC.Cl. The van der Waals surface area contributed by atoms with Crippen LogP contribution in [0.1, 0.15) is 30.9 Å². The van der Waals surface area contributed by atoms with Gasteiger partial charge in [0, 0.05) is 0 Å². The van der Waals surface area contributed by atoms with Gasteiger partial charge in [-0.3, -0.25) is 0 Å². The van der Waals surface area contributed by atoms with E-state index < -0.39 is 12.1 Å². The third-order valence-electron chi connectivity index (χ3n) is 4.07. The molecule has 0 unspecified atom stereocenters. The van der Waals surface area contributed by atoms with Crippen molar-refractivity contribution in [2.45, 2.75) is 31.4 Å². The van der Waals surface area contributed by atoms with Crippen LogP contribution < -0.4 is 19.9 Å². The van der Waals surface area contributed by atoms with E-state index in [2.05, 4.69) is 0 Å². The second kappa shape index (κ2) is 7.73. The van der Waals surface area contributed by atoms with Gasteiger partial charge in [-0.1, -0.05) is 6.42 Å². The summed E-state index contributed by atoms with van der Waals surface area (Å²) in [6.07, 6.45) is 2.72. The number of benzene rings is 1. The van der Waals surface area contributed by atoms with Crippen molar-refractivity contribution >= 4 is 12.4 Å². The van der Waals surface area contributed by atoms with Crippen molar-refractivity contribution < 1.29 is 19.3 Å². The van der Waals surface area contributed by atoms with E-state index in [0.717, 1.165) is 18.4 Å². The van der Waals surface area contributed by atoms with Gasteiger partial charge in [-0.25, -0.2) is 0 Å². The minimum Gasteiger partial charge on any atom is -0.493 e. The minimum atomic E-state index is -0.536. The van der Waals surface area contributed by atoms with Crippen LogP contribution in [-0.4, -0.2) is 32.5 Å². The van der Waals surface area contributed by atoms with E-state index in [0.29, 0.717) is 23.2 Å². The molecule has 1 aliphatic rings. The van der Waals surface area contributed by atoms with Gasteiger partial charge in [0.25, 0.3) is 0 Å². The molecule has 1 aromatic carbocycles. The van der Waals surface area contributed by atoms with E-state index in [1.54, 1.807) is 33.5 Å². The first kappa shape index (κ1) is 17.9. The zero-order valence-corrected chi connectivity index (χ0v) is 13.5. The number of aliphatic hydroxyl groups excluding tert-OH is 1. The first-order chi connectivity index (χ1) is 9.62. The van der Waals surface area contributed by atoms with Gasteiger partial charge in [-0.2, -0.15) is 0 Å². The molecule has 21 heavy (non-hydrogen) atoms. The summed E-state index contributed by atoms with van der Waals surface area (Å²) < 4.78 is 15.9. The molecule has 1 aliphatic carbocycles. The molecule has 2 rings (SSSR count). The fourth-order valence-corrected chi connectivity index (χ4v) is 2.57. The maximum absolute atomic E-state index is 10.3. The average molecular weight is 318 g/mol. The van der Waals surface area contributed by atoms with Crippen molar-refractivity contribution in [1.82, 2.24) is 0 Å². The zero-order chi connectivity index (χ0) is 14.7. The average Bonchev–Trinajstić information content (AvgIpc) is 2.42. The highest BCUT2D eigenvalue weighted by Crippen LogP contribution is 2.41. The maximum atomic E-state index is 10.3. The van der Waals surface area contributed by atoms with Crippen molar-refractivity contribution in [3.05, 3.63) is 17.7 Å². The van der Waals surface area contributed by atoms with Gasteiger partial charge in [0.2, 0.25) is 5.75 Å². The Morgan fingerprint density at radius 3 is 1.95 bits per heavy atom. The normalized spacial score (nSPS) is 17.2. The van der Waals surface area contributed by atoms with Crippen LogP contribution in [0.2, 0.25) is 0 Å². The number of halogens is 1. The van der Waals surface area contributed by atoms with E-state index in [4.69, 9.17) is 19.9 Å². The van der Waals surface area contributed by atoms with Crippen LogP contribution in [0.25, 0.3) is 0 Å². The topological polar surface area (TPSA) is 73.9 Å².